The fourth-order valence-corrected chi connectivity index (χ4v) is 7.09. The molecule has 2 saturated heterocycles. The van der Waals surface area contributed by atoms with Crippen LogP contribution < -0.4 is 10.1 Å². The van der Waals surface area contributed by atoms with Crippen molar-refractivity contribution in [3.63, 3.8) is 0 Å². The Labute approximate surface area is 262 Å². The van der Waals surface area contributed by atoms with Crippen molar-refractivity contribution < 1.29 is 33.6 Å². The first-order valence-electron chi connectivity index (χ1n) is 15.4. The third kappa shape index (κ3) is 6.13. The largest absolute Gasteiger partial charge is 0.497 e. The molecule has 1 unspecified atom stereocenters. The Kier molecular flexibility index (Phi) is 8.78. The summed E-state index contributed by atoms with van der Waals surface area (Å²) in [6.45, 7) is 4.59. The highest BCUT2D eigenvalue weighted by Crippen LogP contribution is 2.48. The number of aliphatic carboxylic acids is 1. The minimum absolute atomic E-state index is 0.0291. The van der Waals surface area contributed by atoms with Gasteiger partial charge in [0.1, 0.15) is 11.5 Å². The number of fused-ring (bicyclic) bond motifs is 1. The number of hydrogen-bond donors (Lipinski definition) is 2. The lowest BCUT2D eigenvalue weighted by atomic mass is 9.76. The van der Waals surface area contributed by atoms with E-state index in [4.69, 9.17) is 30.5 Å². The van der Waals surface area contributed by atoms with E-state index in [1.165, 1.54) is 0 Å². The molecule has 1 amide bonds. The molecule has 2 N–H and O–H groups in total. The van der Waals surface area contributed by atoms with Gasteiger partial charge in [0.25, 0.3) is 0 Å². The first-order chi connectivity index (χ1) is 21.3. The molecule has 1 saturated carbocycles. The maximum atomic E-state index is 13.7. The Hall–Kier alpha value is -3.69. The van der Waals surface area contributed by atoms with Gasteiger partial charge in [-0.2, -0.15) is 0 Å². The van der Waals surface area contributed by atoms with Crippen LogP contribution in [0.2, 0.25) is 5.02 Å². The number of carboxylic acid groups (broad SMARTS) is 1. The number of hydrogen-bond acceptors (Lipinski definition) is 7. The zero-order chi connectivity index (χ0) is 31.0. The first kappa shape index (κ1) is 30.3. The van der Waals surface area contributed by atoms with Gasteiger partial charge < -0.3 is 29.4 Å². The summed E-state index contributed by atoms with van der Waals surface area (Å²) < 4.78 is 22.9. The van der Waals surface area contributed by atoms with Crippen LogP contribution in [0.4, 0.5) is 5.69 Å². The fraction of sp³-hybridized carbons (Fsp3) is 0.471. The molecule has 0 aromatic heterocycles. The minimum Gasteiger partial charge on any atom is -0.497 e. The van der Waals surface area contributed by atoms with E-state index in [0.29, 0.717) is 48.1 Å². The molecule has 2 aliphatic carbocycles. The standard InChI is InChI=1S/C34H39ClN2O7/c1-4-19-12-23(35)13-20(5-2)31(19)36-29(38)17-37-16-26(22-14-27(41-3)33-28(15-22)42-18-43-33)30(34(39)40)32(37)21-6-8-24(9-7-21)44-25-10-11-25/h6-9,12-13,15,22,25-26,30,32H,4-5,10-11,14,16-18H2,1-3H3,(H,36,38)(H,39,40)/t22?,26-,30-,32+/m1/s1. The number of ether oxygens (including phenoxy) is 4. The summed E-state index contributed by atoms with van der Waals surface area (Å²) in [5.74, 6) is 0.179. The SMILES string of the molecule is CCc1cc(Cl)cc(CC)c1NC(=O)CN1C[C@H](C2C=C3OCOC3=C(OC)C2)[C@@H](C(=O)O)[C@@H]1c1ccc(OC2CC2)cc1. The lowest BCUT2D eigenvalue weighted by Crippen LogP contribution is -2.35. The van der Waals surface area contributed by atoms with Crippen LogP contribution >= 0.6 is 11.6 Å². The van der Waals surface area contributed by atoms with Crippen LogP contribution in [0.25, 0.3) is 0 Å². The monoisotopic (exact) mass is 622 g/mol. The Morgan fingerprint density at radius 2 is 1.80 bits per heavy atom. The summed E-state index contributed by atoms with van der Waals surface area (Å²) in [6.07, 6.45) is 6.24. The van der Waals surface area contributed by atoms with Crippen molar-refractivity contribution in [2.24, 2.45) is 17.8 Å². The molecule has 9 nitrogen and oxygen atoms in total. The van der Waals surface area contributed by atoms with E-state index in [1.54, 1.807) is 7.11 Å². The predicted octanol–water partition coefficient (Wildman–Crippen LogP) is 6.08. The zero-order valence-electron chi connectivity index (χ0n) is 25.3. The third-order valence-electron chi connectivity index (χ3n) is 9.09. The molecule has 4 aliphatic rings. The normalized spacial score (nSPS) is 24.7. The molecule has 3 fully saturated rings. The van der Waals surface area contributed by atoms with Crippen LogP contribution in [0.15, 0.2) is 59.8 Å². The van der Waals surface area contributed by atoms with Gasteiger partial charge in [-0.15, -0.1) is 0 Å². The van der Waals surface area contributed by atoms with Gasteiger partial charge >= 0.3 is 5.97 Å². The van der Waals surface area contributed by atoms with E-state index in [0.717, 1.165) is 41.0 Å². The van der Waals surface area contributed by atoms with Crippen LogP contribution in [-0.4, -0.2) is 55.0 Å². The Bertz CT molecular complexity index is 1460. The van der Waals surface area contributed by atoms with Gasteiger partial charge in [0.15, 0.2) is 5.76 Å². The molecule has 0 radical (unpaired) electrons. The number of carbonyl (C=O) groups is 2. The summed E-state index contributed by atoms with van der Waals surface area (Å²) in [5, 5.41) is 14.5. The van der Waals surface area contributed by atoms with Crippen LogP contribution in [0.1, 0.15) is 55.8 Å². The highest BCUT2D eigenvalue weighted by atomic mass is 35.5. The Morgan fingerprint density at radius 1 is 1.09 bits per heavy atom. The van der Waals surface area contributed by atoms with E-state index in [2.05, 4.69) is 5.32 Å². The van der Waals surface area contributed by atoms with Crippen molar-refractivity contribution >= 4 is 29.2 Å². The average molecular weight is 623 g/mol. The van der Waals surface area contributed by atoms with Gasteiger partial charge in [-0.05, 0) is 84.6 Å². The molecule has 4 atom stereocenters. The number of nitrogens with one attached hydrogen (secondary N) is 1. The predicted molar refractivity (Wildman–Crippen MR) is 165 cm³/mol. The molecule has 2 heterocycles. The molecule has 234 valence electrons. The van der Waals surface area contributed by atoms with Crippen molar-refractivity contribution in [2.75, 3.05) is 32.3 Å². The van der Waals surface area contributed by atoms with Gasteiger partial charge in [0.2, 0.25) is 18.5 Å². The number of halogens is 1. The molecule has 2 aromatic rings. The lowest BCUT2D eigenvalue weighted by molar-refractivity contribution is -0.144. The van der Waals surface area contributed by atoms with E-state index in [1.807, 2.05) is 61.2 Å². The van der Waals surface area contributed by atoms with E-state index in [-0.39, 0.29) is 37.2 Å². The smallest absolute Gasteiger partial charge is 0.308 e. The summed E-state index contributed by atoms with van der Waals surface area (Å²) in [7, 11) is 1.59. The van der Waals surface area contributed by atoms with E-state index < -0.39 is 17.9 Å². The summed E-state index contributed by atoms with van der Waals surface area (Å²) in [4.78, 5) is 28.8. The second kappa shape index (κ2) is 12.7. The summed E-state index contributed by atoms with van der Waals surface area (Å²) >= 11 is 6.35. The van der Waals surface area contributed by atoms with Crippen LogP contribution in [0, 0.1) is 17.8 Å². The molecule has 44 heavy (non-hydrogen) atoms. The van der Waals surface area contributed by atoms with Gasteiger partial charge in [-0.1, -0.05) is 37.6 Å². The molecule has 2 aromatic carbocycles. The van der Waals surface area contributed by atoms with Crippen LogP contribution in [0.3, 0.4) is 0 Å². The maximum absolute atomic E-state index is 13.7. The average Bonchev–Trinajstić information content (AvgIpc) is 3.55. The van der Waals surface area contributed by atoms with Crippen molar-refractivity contribution in [1.29, 1.82) is 0 Å². The van der Waals surface area contributed by atoms with E-state index >= 15 is 0 Å². The van der Waals surface area contributed by atoms with Crippen molar-refractivity contribution in [2.45, 2.75) is 58.1 Å². The second-order valence-corrected chi connectivity index (χ2v) is 12.3. The number of benzene rings is 2. The fourth-order valence-electron chi connectivity index (χ4n) is 6.83. The Morgan fingerprint density at radius 3 is 2.41 bits per heavy atom. The maximum Gasteiger partial charge on any atom is 0.308 e. The molecular weight excluding hydrogens is 584 g/mol. The molecule has 0 bridgehead atoms. The number of carbonyl (C=O) groups excluding carboxylic acids is 1. The van der Waals surface area contributed by atoms with Crippen molar-refractivity contribution in [1.82, 2.24) is 4.90 Å². The number of rotatable bonds is 11. The van der Waals surface area contributed by atoms with Gasteiger partial charge in [-0.3, -0.25) is 14.5 Å². The van der Waals surface area contributed by atoms with Crippen molar-refractivity contribution in [3.05, 3.63) is 81.5 Å². The number of nitrogens with zero attached hydrogens (tertiary/aromatic N) is 1. The van der Waals surface area contributed by atoms with Crippen LogP contribution in [-0.2, 0) is 36.6 Å². The van der Waals surface area contributed by atoms with Gasteiger partial charge in [0.05, 0.1) is 25.7 Å². The molecule has 0 spiro atoms. The van der Waals surface area contributed by atoms with Gasteiger partial charge in [0, 0.05) is 29.7 Å². The number of amides is 1. The summed E-state index contributed by atoms with van der Waals surface area (Å²) in [5.41, 5.74) is 3.55. The number of methoxy groups -OCH3 is 1. The molecular formula is C34H39ClN2O7. The number of likely N-dealkylation sites (tertiary alicyclic amines) is 1. The quantitative estimate of drug-likeness (QED) is 0.310. The molecule has 2 aliphatic heterocycles. The highest BCUT2D eigenvalue weighted by molar-refractivity contribution is 6.30. The van der Waals surface area contributed by atoms with Gasteiger partial charge in [-0.25, -0.2) is 0 Å². The minimum atomic E-state index is -0.906. The molecule has 10 heteroatoms. The lowest BCUT2D eigenvalue weighted by Gasteiger charge is -2.29. The molecule has 6 rings (SSSR count). The topological polar surface area (TPSA) is 107 Å². The number of aryl methyl sites for hydroxylation is 2. The number of anilines is 1. The number of carboxylic acids is 1. The number of allylic oxidation sites excluding steroid dienone is 2. The summed E-state index contributed by atoms with van der Waals surface area (Å²) in [6, 6.07) is 10.9. The van der Waals surface area contributed by atoms with Crippen molar-refractivity contribution in [3.8, 4) is 5.75 Å². The highest BCUT2D eigenvalue weighted by Gasteiger charge is 2.51. The van der Waals surface area contributed by atoms with Crippen LogP contribution in [0.5, 0.6) is 5.75 Å². The zero-order valence-corrected chi connectivity index (χ0v) is 26.1. The second-order valence-electron chi connectivity index (χ2n) is 11.9. The van der Waals surface area contributed by atoms with E-state index in [9.17, 15) is 14.7 Å². The Balaban J connectivity index is 1.31. The first-order valence-corrected chi connectivity index (χ1v) is 15.8. The third-order valence-corrected chi connectivity index (χ3v) is 9.31.